The van der Waals surface area contributed by atoms with Gasteiger partial charge in [-0.25, -0.2) is 15.0 Å². The van der Waals surface area contributed by atoms with E-state index < -0.39 is 0 Å². The number of fused-ring (bicyclic) bond motifs is 10. The third-order valence-electron chi connectivity index (χ3n) is 12.3. The van der Waals surface area contributed by atoms with E-state index in [9.17, 15) is 0 Å². The molecule has 0 bridgehead atoms. The van der Waals surface area contributed by atoms with Crippen molar-refractivity contribution in [3.8, 4) is 56.4 Å². The Morgan fingerprint density at radius 1 is 0.258 bits per heavy atom. The lowest BCUT2D eigenvalue weighted by atomic mass is 9.93. The molecule has 5 heteroatoms. The lowest BCUT2D eigenvalue weighted by Crippen LogP contribution is -2.01. The van der Waals surface area contributed by atoms with E-state index in [-0.39, 0.29) is 0 Å². The Bertz CT molecular complexity index is 3940. The highest BCUT2D eigenvalue weighted by atomic mass is 16.3. The summed E-state index contributed by atoms with van der Waals surface area (Å²) < 4.78 is 12.6. The Morgan fingerprint density at radius 3 is 1.52 bits per heavy atom. The van der Waals surface area contributed by atoms with Crippen LogP contribution in [0.2, 0.25) is 0 Å². The smallest absolute Gasteiger partial charge is 0.164 e. The SMILES string of the molecule is c1ccc(-c2ccc3cc(-c4nc(-c5ccc6ccc7oc8ccccc8c7c6c5)nc(-c5cccc6c(-c7cccc8oc9ccccc9c78)cccc56)n4)ccc3c2)cc1. The molecule has 13 rings (SSSR count). The zero-order chi connectivity index (χ0) is 40.7. The van der Waals surface area contributed by atoms with Gasteiger partial charge in [0.05, 0.1) is 0 Å². The highest BCUT2D eigenvalue weighted by Gasteiger charge is 2.19. The average molecular weight is 792 g/mol. The Hall–Kier alpha value is -8.41. The van der Waals surface area contributed by atoms with E-state index in [1.807, 2.05) is 36.4 Å². The molecule has 10 aromatic carbocycles. The maximum absolute atomic E-state index is 6.32. The molecule has 0 aliphatic carbocycles. The molecule has 0 unspecified atom stereocenters. The van der Waals surface area contributed by atoms with Crippen LogP contribution in [0.15, 0.2) is 209 Å². The molecule has 0 aliphatic rings. The summed E-state index contributed by atoms with van der Waals surface area (Å²) in [7, 11) is 0. The van der Waals surface area contributed by atoms with E-state index in [0.29, 0.717) is 17.5 Å². The summed E-state index contributed by atoms with van der Waals surface area (Å²) in [5.74, 6) is 1.80. The van der Waals surface area contributed by atoms with E-state index in [1.165, 1.54) is 11.1 Å². The molecule has 0 atom stereocenters. The van der Waals surface area contributed by atoms with Crippen LogP contribution in [-0.4, -0.2) is 15.0 Å². The van der Waals surface area contributed by atoms with E-state index in [4.69, 9.17) is 23.8 Å². The van der Waals surface area contributed by atoms with Gasteiger partial charge >= 0.3 is 0 Å². The van der Waals surface area contributed by atoms with Gasteiger partial charge in [0, 0.05) is 38.2 Å². The monoisotopic (exact) mass is 791 g/mol. The van der Waals surface area contributed by atoms with Crippen LogP contribution in [0.25, 0.3) is 133 Å². The van der Waals surface area contributed by atoms with Crippen molar-refractivity contribution in [2.75, 3.05) is 0 Å². The predicted octanol–water partition coefficient (Wildman–Crippen LogP) is 15.5. The van der Waals surface area contributed by atoms with Crippen molar-refractivity contribution < 1.29 is 8.83 Å². The highest BCUT2D eigenvalue weighted by molar-refractivity contribution is 6.19. The molecule has 0 radical (unpaired) electrons. The summed E-state index contributed by atoms with van der Waals surface area (Å²) in [6.07, 6.45) is 0. The number of hydrogen-bond acceptors (Lipinski definition) is 5. The molecule has 0 fully saturated rings. The summed E-state index contributed by atoms with van der Waals surface area (Å²) in [4.78, 5) is 15.9. The van der Waals surface area contributed by atoms with Crippen molar-refractivity contribution in [1.82, 2.24) is 15.0 Å². The normalized spacial score (nSPS) is 11.9. The molecule has 62 heavy (non-hydrogen) atoms. The molecule has 3 heterocycles. The minimum atomic E-state index is 0.596. The van der Waals surface area contributed by atoms with Gasteiger partial charge in [0.1, 0.15) is 22.3 Å². The first kappa shape index (κ1) is 34.5. The predicted molar refractivity (Wildman–Crippen MR) is 254 cm³/mol. The summed E-state index contributed by atoms with van der Waals surface area (Å²) in [5.41, 5.74) is 10.8. The van der Waals surface area contributed by atoms with Crippen LogP contribution in [0.5, 0.6) is 0 Å². The second-order valence-corrected chi connectivity index (χ2v) is 15.9. The van der Waals surface area contributed by atoms with Crippen molar-refractivity contribution in [3.05, 3.63) is 200 Å². The van der Waals surface area contributed by atoms with Crippen LogP contribution in [-0.2, 0) is 0 Å². The van der Waals surface area contributed by atoms with Crippen LogP contribution >= 0.6 is 0 Å². The lowest BCUT2D eigenvalue weighted by Gasteiger charge is -2.13. The van der Waals surface area contributed by atoms with E-state index >= 15 is 0 Å². The van der Waals surface area contributed by atoms with Crippen molar-refractivity contribution in [2.24, 2.45) is 0 Å². The molecule has 13 aromatic rings. The standard InChI is InChI=1S/C57H33N3O2/c1-2-11-34(12-3-1)36-24-25-38-32-39(28-26-37(38)31-36)55-58-56(40-27-23-35-29-30-52-54(48(35)33-40)47-14-5-7-21-50(47)62-52)60-57(59-55)45-19-9-15-41-42(16-8-17-43(41)45)44-18-10-22-51-53(44)46-13-4-6-20-49(46)61-51/h1-33H. The van der Waals surface area contributed by atoms with Gasteiger partial charge in [0.15, 0.2) is 17.5 Å². The number of nitrogens with zero attached hydrogens (tertiary/aromatic N) is 3. The third-order valence-corrected chi connectivity index (χ3v) is 12.3. The van der Waals surface area contributed by atoms with Crippen molar-refractivity contribution in [3.63, 3.8) is 0 Å². The molecule has 0 N–H and O–H groups in total. The topological polar surface area (TPSA) is 65.0 Å². The van der Waals surface area contributed by atoms with Gasteiger partial charge in [0.25, 0.3) is 0 Å². The number of furan rings is 2. The average Bonchev–Trinajstić information content (AvgIpc) is 3.92. The van der Waals surface area contributed by atoms with Crippen LogP contribution in [0, 0.1) is 0 Å². The van der Waals surface area contributed by atoms with Crippen LogP contribution < -0.4 is 0 Å². The first-order chi connectivity index (χ1) is 30.7. The van der Waals surface area contributed by atoms with Gasteiger partial charge in [-0.3, -0.25) is 0 Å². The molecule has 0 saturated carbocycles. The van der Waals surface area contributed by atoms with Gasteiger partial charge in [-0.05, 0) is 97.0 Å². The zero-order valence-corrected chi connectivity index (χ0v) is 33.2. The quantitative estimate of drug-likeness (QED) is 0.174. The van der Waals surface area contributed by atoms with Gasteiger partial charge in [-0.2, -0.15) is 0 Å². The molecule has 0 amide bonds. The summed E-state index contributed by atoms with van der Waals surface area (Å²) in [6, 6.07) is 69.9. The van der Waals surface area contributed by atoms with Crippen LogP contribution in [0.3, 0.4) is 0 Å². The number of benzene rings is 10. The van der Waals surface area contributed by atoms with Crippen molar-refractivity contribution in [1.29, 1.82) is 0 Å². The van der Waals surface area contributed by atoms with Crippen LogP contribution in [0.1, 0.15) is 0 Å². The maximum Gasteiger partial charge on any atom is 0.164 e. The molecule has 0 saturated heterocycles. The molecule has 3 aromatic heterocycles. The molecule has 288 valence electrons. The van der Waals surface area contributed by atoms with Crippen LogP contribution in [0.4, 0.5) is 0 Å². The van der Waals surface area contributed by atoms with E-state index in [2.05, 4.69) is 164 Å². The number of rotatable bonds is 5. The summed E-state index contributed by atoms with van der Waals surface area (Å²) in [6.45, 7) is 0. The highest BCUT2D eigenvalue weighted by Crippen LogP contribution is 2.42. The molecule has 0 spiro atoms. The third kappa shape index (κ3) is 5.45. The van der Waals surface area contributed by atoms with Gasteiger partial charge in [0.2, 0.25) is 0 Å². The maximum atomic E-state index is 6.32. The Morgan fingerprint density at radius 2 is 0.758 bits per heavy atom. The first-order valence-electron chi connectivity index (χ1n) is 20.8. The fraction of sp³-hybridized carbons (Fsp3) is 0. The largest absolute Gasteiger partial charge is 0.456 e. The zero-order valence-electron chi connectivity index (χ0n) is 33.2. The van der Waals surface area contributed by atoms with Crippen molar-refractivity contribution in [2.45, 2.75) is 0 Å². The summed E-state index contributed by atoms with van der Waals surface area (Å²) in [5, 5.41) is 11.0. The molecule has 5 nitrogen and oxygen atoms in total. The summed E-state index contributed by atoms with van der Waals surface area (Å²) >= 11 is 0. The van der Waals surface area contributed by atoms with Gasteiger partial charge in [-0.1, -0.05) is 158 Å². The molecule has 0 aliphatic heterocycles. The first-order valence-corrected chi connectivity index (χ1v) is 20.8. The van der Waals surface area contributed by atoms with E-state index in [1.54, 1.807) is 0 Å². The van der Waals surface area contributed by atoms with E-state index in [0.717, 1.165) is 104 Å². The number of aromatic nitrogens is 3. The molecular formula is C57H33N3O2. The fourth-order valence-corrected chi connectivity index (χ4v) is 9.37. The number of para-hydroxylation sites is 2. The van der Waals surface area contributed by atoms with Crippen molar-refractivity contribution >= 4 is 76.2 Å². The Kier molecular flexibility index (Phi) is 7.54. The molecular weight excluding hydrogens is 759 g/mol. The second-order valence-electron chi connectivity index (χ2n) is 15.9. The number of hydrogen-bond donors (Lipinski definition) is 0. The minimum Gasteiger partial charge on any atom is -0.456 e. The minimum absolute atomic E-state index is 0.596. The van der Waals surface area contributed by atoms with Gasteiger partial charge < -0.3 is 8.83 Å². The van der Waals surface area contributed by atoms with Gasteiger partial charge in [-0.15, -0.1) is 0 Å². The fourth-order valence-electron chi connectivity index (χ4n) is 9.37. The Balaban J connectivity index is 1.02. The lowest BCUT2D eigenvalue weighted by molar-refractivity contribution is 0.668. The second kappa shape index (κ2) is 13.6. The Labute approximate surface area is 355 Å².